The number of hydrogen-bond acceptors (Lipinski definition) is 5. The summed E-state index contributed by atoms with van der Waals surface area (Å²) in [6.07, 6.45) is 8.62. The summed E-state index contributed by atoms with van der Waals surface area (Å²) < 4.78 is 6.11. The Kier molecular flexibility index (Phi) is 5.92. The number of aromatic nitrogens is 1. The molecule has 2 aliphatic rings. The second-order valence-corrected chi connectivity index (χ2v) is 9.03. The van der Waals surface area contributed by atoms with Gasteiger partial charge in [0.2, 0.25) is 5.78 Å². The highest BCUT2D eigenvalue weighted by Gasteiger charge is 2.35. The minimum atomic E-state index is -0.189. The van der Waals surface area contributed by atoms with Crippen LogP contribution in [0.4, 0.5) is 0 Å². The van der Waals surface area contributed by atoms with E-state index in [4.69, 9.17) is 16.3 Å². The Morgan fingerprint density at radius 2 is 2.09 bits per heavy atom. The molecule has 3 heterocycles. The lowest BCUT2D eigenvalue weighted by molar-refractivity contribution is 0.101. The molecule has 0 saturated carbocycles. The summed E-state index contributed by atoms with van der Waals surface area (Å²) in [5.41, 5.74) is 3.72. The average Bonchev–Trinajstić information content (AvgIpc) is 3.15. The molecule has 0 spiro atoms. The maximum atomic E-state index is 13.2. The number of aryl methyl sites for hydroxylation is 1. The van der Waals surface area contributed by atoms with E-state index >= 15 is 0 Å². The Balaban J connectivity index is 1.51. The summed E-state index contributed by atoms with van der Waals surface area (Å²) in [5, 5.41) is 11.4. The number of allylic oxidation sites excluding steroid dienone is 1. The molecule has 0 radical (unpaired) electrons. The summed E-state index contributed by atoms with van der Waals surface area (Å²) in [7, 11) is 0. The van der Waals surface area contributed by atoms with Gasteiger partial charge >= 0.3 is 0 Å². The number of fused-ring (bicyclic) bond motifs is 1. The van der Waals surface area contributed by atoms with Crippen LogP contribution in [0.15, 0.2) is 60.6 Å². The first kappa shape index (κ1) is 21.7. The van der Waals surface area contributed by atoms with Crippen LogP contribution >= 0.6 is 11.6 Å². The van der Waals surface area contributed by atoms with Crippen LogP contribution in [-0.2, 0) is 6.54 Å². The van der Waals surface area contributed by atoms with E-state index in [1.807, 2.05) is 37.4 Å². The molecule has 168 valence electrons. The zero-order valence-electron chi connectivity index (χ0n) is 18.4. The van der Waals surface area contributed by atoms with Crippen molar-refractivity contribution < 1.29 is 14.6 Å². The van der Waals surface area contributed by atoms with E-state index < -0.39 is 0 Å². The van der Waals surface area contributed by atoms with E-state index in [0.29, 0.717) is 39.6 Å². The van der Waals surface area contributed by atoms with Gasteiger partial charge in [-0.3, -0.25) is 14.7 Å². The Labute approximate surface area is 198 Å². The average molecular weight is 461 g/mol. The van der Waals surface area contributed by atoms with Gasteiger partial charge in [0, 0.05) is 30.0 Å². The SMILES string of the molecule is Cc1cc(O)c(CN2CCCC[C@H]2c2cccnc2)c2c1C(=O)/C(=C/c1ccccc1Cl)O2. The van der Waals surface area contributed by atoms with Crippen LogP contribution in [0.3, 0.4) is 0 Å². The zero-order valence-corrected chi connectivity index (χ0v) is 19.2. The second kappa shape index (κ2) is 9.00. The molecule has 5 rings (SSSR count). The number of Topliss-reactive ketones (excluding diaryl/α,β-unsaturated/α-hetero) is 1. The summed E-state index contributed by atoms with van der Waals surface area (Å²) in [6.45, 7) is 3.21. The van der Waals surface area contributed by atoms with Gasteiger partial charge in [-0.2, -0.15) is 0 Å². The van der Waals surface area contributed by atoms with E-state index in [-0.39, 0.29) is 23.3 Å². The van der Waals surface area contributed by atoms with Crippen molar-refractivity contribution >= 4 is 23.5 Å². The van der Waals surface area contributed by atoms with Gasteiger partial charge in [-0.25, -0.2) is 0 Å². The first-order valence-corrected chi connectivity index (χ1v) is 11.6. The Bertz CT molecular complexity index is 1240. The summed E-state index contributed by atoms with van der Waals surface area (Å²) >= 11 is 6.29. The number of carbonyl (C=O) groups excluding carboxylic acids is 1. The fraction of sp³-hybridized carbons (Fsp3) is 0.259. The van der Waals surface area contributed by atoms with Crippen LogP contribution in [0.25, 0.3) is 6.08 Å². The third-order valence-corrected chi connectivity index (χ3v) is 6.80. The molecule has 0 amide bonds. The third-order valence-electron chi connectivity index (χ3n) is 6.46. The van der Waals surface area contributed by atoms with Gasteiger partial charge < -0.3 is 9.84 Å². The number of pyridine rings is 1. The molecular formula is C27H25ClN2O3. The maximum Gasteiger partial charge on any atom is 0.232 e. The van der Waals surface area contributed by atoms with Crippen LogP contribution in [0, 0.1) is 6.92 Å². The second-order valence-electron chi connectivity index (χ2n) is 8.62. The standard InChI is InChI=1S/C27H25ClN2O3/c1-17-13-23(31)20(16-30-12-5-4-10-22(30)19-8-6-11-29-15-19)27-25(17)26(32)24(33-27)14-18-7-2-3-9-21(18)28/h2-3,6-9,11,13-15,22,31H,4-5,10,12,16H2,1H3/b24-14-/t22-/m0/s1. The van der Waals surface area contributed by atoms with Gasteiger partial charge in [0.1, 0.15) is 11.5 Å². The number of carbonyl (C=O) groups is 1. The molecular weight excluding hydrogens is 436 g/mol. The lowest BCUT2D eigenvalue weighted by Crippen LogP contribution is -2.33. The van der Waals surface area contributed by atoms with Crippen LogP contribution in [-0.4, -0.2) is 27.3 Å². The normalized spacial score (nSPS) is 19.5. The van der Waals surface area contributed by atoms with Crippen molar-refractivity contribution in [2.24, 2.45) is 0 Å². The van der Waals surface area contributed by atoms with Crippen molar-refractivity contribution in [3.05, 3.63) is 93.5 Å². The first-order valence-electron chi connectivity index (χ1n) is 11.2. The van der Waals surface area contributed by atoms with Crippen molar-refractivity contribution in [1.29, 1.82) is 0 Å². The summed E-state index contributed by atoms with van der Waals surface area (Å²) in [4.78, 5) is 19.9. The van der Waals surface area contributed by atoms with Gasteiger partial charge in [0.05, 0.1) is 11.1 Å². The first-order chi connectivity index (χ1) is 16.0. The minimum Gasteiger partial charge on any atom is -0.507 e. The van der Waals surface area contributed by atoms with Crippen LogP contribution < -0.4 is 4.74 Å². The number of halogens is 1. The van der Waals surface area contributed by atoms with E-state index in [1.54, 1.807) is 24.4 Å². The van der Waals surface area contributed by atoms with Gasteiger partial charge in [0.15, 0.2) is 5.76 Å². The van der Waals surface area contributed by atoms with Crippen molar-refractivity contribution in [3.63, 3.8) is 0 Å². The van der Waals surface area contributed by atoms with Crippen LogP contribution in [0.1, 0.15) is 57.9 Å². The predicted molar refractivity (Wildman–Crippen MR) is 128 cm³/mol. The van der Waals surface area contributed by atoms with Gasteiger partial charge in [-0.15, -0.1) is 0 Å². The van der Waals surface area contributed by atoms with E-state index in [2.05, 4.69) is 16.0 Å². The van der Waals surface area contributed by atoms with Gasteiger partial charge in [-0.1, -0.05) is 42.3 Å². The van der Waals surface area contributed by atoms with Crippen LogP contribution in [0.5, 0.6) is 11.5 Å². The summed E-state index contributed by atoms with van der Waals surface area (Å²) in [5.74, 6) is 0.626. The topological polar surface area (TPSA) is 62.7 Å². The number of likely N-dealkylation sites (tertiary alicyclic amines) is 1. The largest absolute Gasteiger partial charge is 0.507 e. The molecule has 0 unspecified atom stereocenters. The molecule has 3 aromatic rings. The minimum absolute atomic E-state index is 0.147. The number of ketones is 1. The molecule has 5 nitrogen and oxygen atoms in total. The fourth-order valence-corrected chi connectivity index (χ4v) is 4.99. The third kappa shape index (κ3) is 4.14. The predicted octanol–water partition coefficient (Wildman–Crippen LogP) is 6.09. The zero-order chi connectivity index (χ0) is 22.9. The number of phenolic OH excluding ortho intramolecular Hbond substituents is 1. The summed E-state index contributed by atoms with van der Waals surface area (Å²) in [6, 6.07) is 13.2. The van der Waals surface area contributed by atoms with Gasteiger partial charge in [-0.05, 0) is 67.3 Å². The molecule has 6 heteroatoms. The maximum absolute atomic E-state index is 13.2. The van der Waals surface area contributed by atoms with Gasteiger partial charge in [0.25, 0.3) is 0 Å². The number of piperidine rings is 1. The molecule has 0 aliphatic carbocycles. The monoisotopic (exact) mass is 460 g/mol. The van der Waals surface area contributed by atoms with Crippen molar-refractivity contribution in [2.45, 2.75) is 38.8 Å². The smallest absolute Gasteiger partial charge is 0.232 e. The molecule has 33 heavy (non-hydrogen) atoms. The number of hydrogen-bond donors (Lipinski definition) is 1. The quantitative estimate of drug-likeness (QED) is 0.477. The van der Waals surface area contributed by atoms with Crippen molar-refractivity contribution in [1.82, 2.24) is 9.88 Å². The Morgan fingerprint density at radius 1 is 1.24 bits per heavy atom. The number of rotatable bonds is 4. The number of benzene rings is 2. The van der Waals surface area contributed by atoms with Crippen LogP contribution in [0.2, 0.25) is 5.02 Å². The molecule has 1 N–H and O–H groups in total. The Morgan fingerprint density at radius 3 is 2.88 bits per heavy atom. The number of aromatic hydroxyl groups is 1. The molecule has 2 aliphatic heterocycles. The van der Waals surface area contributed by atoms with Crippen molar-refractivity contribution in [2.75, 3.05) is 6.54 Å². The highest BCUT2D eigenvalue weighted by molar-refractivity contribution is 6.32. The highest BCUT2D eigenvalue weighted by Crippen LogP contribution is 2.44. The molecule has 1 atom stereocenters. The lowest BCUT2D eigenvalue weighted by atomic mass is 9.94. The number of phenols is 1. The molecule has 2 aromatic carbocycles. The molecule has 1 saturated heterocycles. The lowest BCUT2D eigenvalue weighted by Gasteiger charge is -2.36. The highest BCUT2D eigenvalue weighted by atomic mass is 35.5. The molecule has 0 bridgehead atoms. The molecule has 1 fully saturated rings. The van der Waals surface area contributed by atoms with E-state index in [9.17, 15) is 9.90 Å². The molecule has 1 aromatic heterocycles. The number of ether oxygens (including phenoxy) is 1. The number of nitrogens with zero attached hydrogens (tertiary/aromatic N) is 2. The van der Waals surface area contributed by atoms with Crippen molar-refractivity contribution in [3.8, 4) is 11.5 Å². The Hall–Kier alpha value is -3.15. The fourth-order valence-electron chi connectivity index (χ4n) is 4.80. The van der Waals surface area contributed by atoms with E-state index in [1.165, 1.54) is 0 Å². The van der Waals surface area contributed by atoms with E-state index in [0.717, 1.165) is 31.4 Å².